The number of hydrogen-bond acceptors (Lipinski definition) is 4. The quantitative estimate of drug-likeness (QED) is 0.435. The SMILES string of the molecule is C=CCN(c1cc(-c2ccccc2)c(F)cc1F)S(=O)(=O)c1cc(C(=O)N2CCC2)cc(Cl)c1O. The number of phenolic OH excluding ortho intramolecular Hbond substituents is 1. The maximum atomic E-state index is 15.0. The molecule has 1 amide bonds. The van der Waals surface area contributed by atoms with Crippen LogP contribution in [0.5, 0.6) is 5.75 Å². The molecule has 0 bridgehead atoms. The first-order valence-corrected chi connectivity index (χ1v) is 12.5. The van der Waals surface area contributed by atoms with Gasteiger partial charge in [-0.15, -0.1) is 6.58 Å². The molecule has 1 heterocycles. The number of sulfonamides is 1. The Bertz CT molecular complexity index is 1410. The van der Waals surface area contributed by atoms with Crippen LogP contribution in [0.3, 0.4) is 0 Å². The minimum atomic E-state index is -4.68. The van der Waals surface area contributed by atoms with Crippen LogP contribution in [0.15, 0.2) is 72.1 Å². The Morgan fingerprint density at radius 2 is 1.80 bits per heavy atom. The number of aromatic hydroxyl groups is 1. The van der Waals surface area contributed by atoms with Crippen molar-refractivity contribution in [1.82, 2.24) is 4.90 Å². The third kappa shape index (κ3) is 4.61. The molecule has 0 radical (unpaired) electrons. The van der Waals surface area contributed by atoms with Gasteiger partial charge in [-0.05, 0) is 30.2 Å². The zero-order chi connectivity index (χ0) is 25.3. The lowest BCUT2D eigenvalue weighted by atomic mass is 10.0. The summed E-state index contributed by atoms with van der Waals surface area (Å²) in [6.45, 7) is 4.17. The molecule has 35 heavy (non-hydrogen) atoms. The van der Waals surface area contributed by atoms with Crippen molar-refractivity contribution in [2.45, 2.75) is 11.3 Å². The molecule has 3 aromatic rings. The first kappa shape index (κ1) is 24.7. The molecule has 0 spiro atoms. The summed E-state index contributed by atoms with van der Waals surface area (Å²) in [5.41, 5.74) is -0.0974. The van der Waals surface area contributed by atoms with E-state index in [0.29, 0.717) is 29.0 Å². The Morgan fingerprint density at radius 1 is 1.11 bits per heavy atom. The van der Waals surface area contributed by atoms with Gasteiger partial charge in [0.1, 0.15) is 16.5 Å². The number of amides is 1. The van der Waals surface area contributed by atoms with Crippen LogP contribution in [-0.2, 0) is 10.0 Å². The standard InChI is InChI=1S/C25H21ClF2N2O4S/c1-2-9-30(22-14-18(20(27)15-21(22)28)16-7-4-3-5-8-16)35(33,34)23-13-17(12-19(26)24(23)31)25(32)29-10-6-11-29/h2-5,7-8,12-15,31H,1,6,9-11H2. The number of rotatable bonds is 7. The average molecular weight is 519 g/mol. The number of carbonyl (C=O) groups excluding carboxylic acids is 1. The number of carbonyl (C=O) groups is 1. The van der Waals surface area contributed by atoms with Crippen LogP contribution in [0.4, 0.5) is 14.5 Å². The van der Waals surface area contributed by atoms with Gasteiger partial charge in [-0.25, -0.2) is 17.2 Å². The fourth-order valence-electron chi connectivity index (χ4n) is 3.73. The molecule has 3 aromatic carbocycles. The largest absolute Gasteiger partial charge is 0.505 e. The van der Waals surface area contributed by atoms with Crippen molar-refractivity contribution in [2.24, 2.45) is 0 Å². The van der Waals surface area contributed by atoms with E-state index in [1.807, 2.05) is 0 Å². The minimum absolute atomic E-state index is 0.0183. The summed E-state index contributed by atoms with van der Waals surface area (Å²) < 4.78 is 57.6. The molecule has 0 saturated carbocycles. The summed E-state index contributed by atoms with van der Waals surface area (Å²) in [5, 5.41) is 10.2. The van der Waals surface area contributed by atoms with E-state index in [9.17, 15) is 27.1 Å². The first-order valence-electron chi connectivity index (χ1n) is 10.6. The van der Waals surface area contributed by atoms with Crippen molar-refractivity contribution in [2.75, 3.05) is 23.9 Å². The fourth-order valence-corrected chi connectivity index (χ4v) is 5.57. The summed E-state index contributed by atoms with van der Waals surface area (Å²) in [5.74, 6) is -3.23. The molecule has 1 fully saturated rings. The zero-order valence-corrected chi connectivity index (χ0v) is 20.0. The van der Waals surface area contributed by atoms with Crippen molar-refractivity contribution >= 4 is 33.2 Å². The van der Waals surface area contributed by atoms with Crippen LogP contribution in [0.1, 0.15) is 16.8 Å². The van der Waals surface area contributed by atoms with E-state index >= 15 is 0 Å². The molecule has 0 atom stereocenters. The number of halogens is 3. The second-order valence-corrected chi connectivity index (χ2v) is 10.2. The Hall–Kier alpha value is -3.43. The van der Waals surface area contributed by atoms with Crippen LogP contribution in [0, 0.1) is 11.6 Å². The normalized spacial score (nSPS) is 13.3. The molecule has 1 saturated heterocycles. The van der Waals surface area contributed by atoms with Crippen molar-refractivity contribution < 1.29 is 27.1 Å². The summed E-state index contributed by atoms with van der Waals surface area (Å²) >= 11 is 6.07. The van der Waals surface area contributed by atoms with Gasteiger partial charge in [0, 0.05) is 30.3 Å². The molecule has 10 heteroatoms. The van der Waals surface area contributed by atoms with Crippen molar-refractivity contribution in [1.29, 1.82) is 0 Å². The van der Waals surface area contributed by atoms with Gasteiger partial charge in [-0.3, -0.25) is 9.10 Å². The molecular weight excluding hydrogens is 498 g/mol. The van der Waals surface area contributed by atoms with Gasteiger partial charge in [0.15, 0.2) is 5.75 Å². The molecule has 6 nitrogen and oxygen atoms in total. The smallest absolute Gasteiger partial charge is 0.268 e. The number of anilines is 1. The van der Waals surface area contributed by atoms with Crippen molar-refractivity contribution in [3.8, 4) is 16.9 Å². The van der Waals surface area contributed by atoms with Crippen LogP contribution in [-0.4, -0.2) is 44.0 Å². The molecule has 1 N–H and O–H groups in total. The van der Waals surface area contributed by atoms with Crippen LogP contribution >= 0.6 is 11.6 Å². The van der Waals surface area contributed by atoms with Crippen LogP contribution in [0.25, 0.3) is 11.1 Å². The Labute approximate surface area is 206 Å². The number of nitrogens with zero attached hydrogens (tertiary/aromatic N) is 2. The number of hydrogen-bond donors (Lipinski definition) is 1. The molecule has 0 aromatic heterocycles. The Morgan fingerprint density at radius 3 is 2.40 bits per heavy atom. The summed E-state index contributed by atoms with van der Waals surface area (Å²) in [6, 6.07) is 12.1. The first-order chi connectivity index (χ1) is 16.6. The van der Waals surface area contributed by atoms with E-state index in [1.54, 1.807) is 30.3 Å². The Balaban J connectivity index is 1.86. The molecule has 182 valence electrons. The molecule has 1 aliphatic rings. The maximum absolute atomic E-state index is 15.0. The van der Waals surface area contributed by atoms with E-state index in [4.69, 9.17) is 11.6 Å². The summed E-state index contributed by atoms with van der Waals surface area (Å²) in [7, 11) is -4.68. The number of benzene rings is 3. The van der Waals surface area contributed by atoms with E-state index in [1.165, 1.54) is 17.0 Å². The minimum Gasteiger partial charge on any atom is -0.505 e. The number of likely N-dealkylation sites (tertiary alicyclic amines) is 1. The van der Waals surface area contributed by atoms with Gasteiger partial charge < -0.3 is 10.0 Å². The fraction of sp³-hybridized carbons (Fsp3) is 0.160. The summed E-state index contributed by atoms with van der Waals surface area (Å²) in [4.78, 5) is 13.5. The topological polar surface area (TPSA) is 77.9 Å². The highest BCUT2D eigenvalue weighted by molar-refractivity contribution is 7.93. The van der Waals surface area contributed by atoms with Crippen LogP contribution < -0.4 is 4.31 Å². The third-order valence-corrected chi connectivity index (χ3v) is 7.75. The van der Waals surface area contributed by atoms with Gasteiger partial charge in [0.05, 0.1) is 17.3 Å². The second-order valence-electron chi connectivity index (χ2n) is 7.92. The van der Waals surface area contributed by atoms with Gasteiger partial charge in [0.25, 0.3) is 15.9 Å². The maximum Gasteiger partial charge on any atom is 0.268 e. The predicted octanol–water partition coefficient (Wildman–Crippen LogP) is 5.22. The highest BCUT2D eigenvalue weighted by Crippen LogP contribution is 2.38. The predicted molar refractivity (Wildman–Crippen MR) is 130 cm³/mol. The summed E-state index contributed by atoms with van der Waals surface area (Å²) in [6.07, 6.45) is 2.04. The van der Waals surface area contributed by atoms with Gasteiger partial charge >= 0.3 is 0 Å². The lowest BCUT2D eigenvalue weighted by molar-refractivity contribution is 0.0651. The van der Waals surface area contributed by atoms with Crippen molar-refractivity contribution in [3.63, 3.8) is 0 Å². The van der Waals surface area contributed by atoms with Gasteiger partial charge in [-0.2, -0.15) is 0 Å². The third-order valence-electron chi connectivity index (χ3n) is 5.67. The van der Waals surface area contributed by atoms with E-state index in [0.717, 1.165) is 18.6 Å². The second kappa shape index (κ2) is 9.67. The van der Waals surface area contributed by atoms with Gasteiger partial charge in [-0.1, -0.05) is 48.0 Å². The molecule has 0 aliphatic carbocycles. The Kier molecular flexibility index (Phi) is 6.82. The van der Waals surface area contributed by atoms with E-state index in [2.05, 4.69) is 6.58 Å². The lowest BCUT2D eigenvalue weighted by Crippen LogP contribution is -2.42. The van der Waals surface area contributed by atoms with Crippen LogP contribution in [0.2, 0.25) is 5.02 Å². The molecule has 4 rings (SSSR count). The lowest BCUT2D eigenvalue weighted by Gasteiger charge is -2.31. The highest BCUT2D eigenvalue weighted by atomic mass is 35.5. The molecular formula is C25H21ClF2N2O4S. The molecule has 0 unspecified atom stereocenters. The number of phenols is 1. The van der Waals surface area contributed by atoms with E-state index in [-0.39, 0.29) is 16.1 Å². The van der Waals surface area contributed by atoms with E-state index < -0.39 is 50.4 Å². The monoisotopic (exact) mass is 518 g/mol. The van der Waals surface area contributed by atoms with Gasteiger partial charge in [0.2, 0.25) is 0 Å². The molecule has 1 aliphatic heterocycles. The zero-order valence-electron chi connectivity index (χ0n) is 18.4. The average Bonchev–Trinajstić information content (AvgIpc) is 2.79. The highest BCUT2D eigenvalue weighted by Gasteiger charge is 2.33. The van der Waals surface area contributed by atoms with Crippen molar-refractivity contribution in [3.05, 3.63) is 89.5 Å².